The summed E-state index contributed by atoms with van der Waals surface area (Å²) in [7, 11) is -1.76. The number of carbonyl (C=O) groups is 1. The smallest absolute Gasteiger partial charge is 0.309 e. The van der Waals surface area contributed by atoms with Crippen LogP contribution in [0.1, 0.15) is 18.0 Å². The molecule has 0 aliphatic carbocycles. The molecule has 100 valence electrons. The van der Waals surface area contributed by atoms with E-state index in [0.29, 0.717) is 0 Å². The van der Waals surface area contributed by atoms with Gasteiger partial charge in [0, 0.05) is 0 Å². The average molecular weight is 266 g/mol. The van der Waals surface area contributed by atoms with Gasteiger partial charge in [0.05, 0.1) is 20.1 Å². The van der Waals surface area contributed by atoms with Crippen LogP contribution in [0.25, 0.3) is 0 Å². The standard InChI is InChI=1S/C14H22O3Si/c1-10(15)12(14(16)17)13(18(2,3)4)11-8-6-5-7-9-11/h5-10,12-13,15H,1-4H3,(H,16,17)/t10-,12-,13-/m0/s1. The molecule has 0 amide bonds. The van der Waals surface area contributed by atoms with Gasteiger partial charge in [-0.15, -0.1) is 0 Å². The summed E-state index contributed by atoms with van der Waals surface area (Å²) in [5, 5.41) is 19.2. The summed E-state index contributed by atoms with van der Waals surface area (Å²) in [4.78, 5) is 11.5. The fraction of sp³-hybridized carbons (Fsp3) is 0.500. The molecule has 0 spiro atoms. The van der Waals surface area contributed by atoms with E-state index in [0.717, 1.165) is 5.56 Å². The highest BCUT2D eigenvalue weighted by atomic mass is 28.3. The molecule has 1 aromatic carbocycles. The number of hydrogen-bond donors (Lipinski definition) is 2. The molecule has 0 aliphatic rings. The van der Waals surface area contributed by atoms with E-state index >= 15 is 0 Å². The molecule has 0 saturated carbocycles. The van der Waals surface area contributed by atoms with E-state index in [1.54, 1.807) is 6.92 Å². The third-order valence-corrected chi connectivity index (χ3v) is 5.81. The molecule has 0 bridgehead atoms. The minimum absolute atomic E-state index is 0.0869. The molecule has 0 unspecified atom stereocenters. The summed E-state index contributed by atoms with van der Waals surface area (Å²) >= 11 is 0. The minimum atomic E-state index is -1.76. The Balaban J connectivity index is 3.26. The lowest BCUT2D eigenvalue weighted by atomic mass is 9.94. The summed E-state index contributed by atoms with van der Waals surface area (Å²) in [6.45, 7) is 7.99. The third-order valence-electron chi connectivity index (χ3n) is 3.26. The maximum atomic E-state index is 11.5. The monoisotopic (exact) mass is 266 g/mol. The second kappa shape index (κ2) is 5.67. The van der Waals surface area contributed by atoms with Gasteiger partial charge in [0.25, 0.3) is 0 Å². The fourth-order valence-electron chi connectivity index (χ4n) is 2.53. The van der Waals surface area contributed by atoms with E-state index in [9.17, 15) is 15.0 Å². The zero-order valence-electron chi connectivity index (χ0n) is 11.4. The van der Waals surface area contributed by atoms with Gasteiger partial charge in [-0.2, -0.15) is 0 Å². The number of aliphatic hydroxyl groups excluding tert-OH is 1. The maximum absolute atomic E-state index is 11.5. The van der Waals surface area contributed by atoms with Gasteiger partial charge in [-0.25, -0.2) is 0 Å². The molecule has 0 heterocycles. The molecule has 0 aromatic heterocycles. The molecule has 3 nitrogen and oxygen atoms in total. The number of aliphatic hydroxyl groups is 1. The number of benzene rings is 1. The Bertz CT molecular complexity index is 395. The van der Waals surface area contributed by atoms with Crippen molar-refractivity contribution < 1.29 is 15.0 Å². The summed E-state index contributed by atoms with van der Waals surface area (Å²) in [6, 6.07) is 9.68. The van der Waals surface area contributed by atoms with Crippen molar-refractivity contribution in [3.8, 4) is 0 Å². The number of carboxylic acid groups (broad SMARTS) is 1. The normalized spacial score (nSPS) is 16.9. The van der Waals surface area contributed by atoms with E-state index < -0.39 is 26.1 Å². The quantitative estimate of drug-likeness (QED) is 0.806. The van der Waals surface area contributed by atoms with Crippen LogP contribution in [0.3, 0.4) is 0 Å². The van der Waals surface area contributed by atoms with Crippen molar-refractivity contribution >= 4 is 14.0 Å². The Morgan fingerprint density at radius 3 is 2.00 bits per heavy atom. The topological polar surface area (TPSA) is 57.5 Å². The summed E-state index contributed by atoms with van der Waals surface area (Å²) in [5.74, 6) is -1.65. The first kappa shape index (κ1) is 14.9. The van der Waals surface area contributed by atoms with E-state index in [1.807, 2.05) is 30.3 Å². The zero-order chi connectivity index (χ0) is 13.9. The molecule has 0 fully saturated rings. The van der Waals surface area contributed by atoms with Crippen molar-refractivity contribution in [1.82, 2.24) is 0 Å². The zero-order valence-corrected chi connectivity index (χ0v) is 12.4. The molecule has 1 aromatic rings. The Hall–Kier alpha value is -1.13. The largest absolute Gasteiger partial charge is 0.481 e. The number of aliphatic carboxylic acids is 1. The van der Waals surface area contributed by atoms with E-state index in [-0.39, 0.29) is 5.54 Å². The molecular weight excluding hydrogens is 244 g/mol. The van der Waals surface area contributed by atoms with Crippen molar-refractivity contribution in [2.24, 2.45) is 5.92 Å². The van der Waals surface area contributed by atoms with Crippen LogP contribution in [0.5, 0.6) is 0 Å². The third kappa shape index (κ3) is 3.43. The van der Waals surface area contributed by atoms with Crippen LogP contribution in [0, 0.1) is 5.92 Å². The van der Waals surface area contributed by atoms with Crippen LogP contribution in [-0.4, -0.2) is 30.4 Å². The van der Waals surface area contributed by atoms with Crippen LogP contribution < -0.4 is 0 Å². The average Bonchev–Trinajstić information content (AvgIpc) is 2.24. The van der Waals surface area contributed by atoms with Gasteiger partial charge in [-0.1, -0.05) is 50.0 Å². The molecule has 0 saturated heterocycles. The molecule has 4 heteroatoms. The van der Waals surface area contributed by atoms with Crippen molar-refractivity contribution in [3.05, 3.63) is 35.9 Å². The Morgan fingerprint density at radius 2 is 1.67 bits per heavy atom. The van der Waals surface area contributed by atoms with Crippen LogP contribution in [0.4, 0.5) is 0 Å². The van der Waals surface area contributed by atoms with Gasteiger partial charge in [-0.05, 0) is 18.0 Å². The lowest BCUT2D eigenvalue weighted by Gasteiger charge is -2.35. The SMILES string of the molecule is C[C@H](O)[C@H](C(=O)O)[C@H](c1ccccc1)[Si](C)(C)C. The Labute approximate surface area is 109 Å². The first-order valence-corrected chi connectivity index (χ1v) is 9.78. The van der Waals surface area contributed by atoms with Crippen LogP contribution in [0.15, 0.2) is 30.3 Å². The van der Waals surface area contributed by atoms with E-state index in [2.05, 4.69) is 19.6 Å². The van der Waals surface area contributed by atoms with Gasteiger partial charge in [-0.3, -0.25) is 4.79 Å². The molecule has 0 radical (unpaired) electrons. The highest BCUT2D eigenvalue weighted by Crippen LogP contribution is 2.36. The summed E-state index contributed by atoms with van der Waals surface area (Å²) < 4.78 is 0. The van der Waals surface area contributed by atoms with Gasteiger partial charge >= 0.3 is 5.97 Å². The van der Waals surface area contributed by atoms with Gasteiger partial charge in [0.1, 0.15) is 0 Å². The second-order valence-electron chi connectivity index (χ2n) is 5.86. The lowest BCUT2D eigenvalue weighted by Crippen LogP contribution is -2.43. The molecule has 0 aliphatic heterocycles. The first-order valence-electron chi connectivity index (χ1n) is 6.21. The van der Waals surface area contributed by atoms with Crippen molar-refractivity contribution in [1.29, 1.82) is 0 Å². The molecule has 2 N–H and O–H groups in total. The minimum Gasteiger partial charge on any atom is -0.481 e. The van der Waals surface area contributed by atoms with Crippen LogP contribution in [0.2, 0.25) is 19.6 Å². The summed E-state index contributed by atoms with van der Waals surface area (Å²) in [6.07, 6.45) is -0.848. The highest BCUT2D eigenvalue weighted by Gasteiger charge is 2.41. The van der Waals surface area contributed by atoms with Crippen molar-refractivity contribution in [2.75, 3.05) is 0 Å². The van der Waals surface area contributed by atoms with Crippen LogP contribution in [-0.2, 0) is 4.79 Å². The van der Waals surface area contributed by atoms with E-state index in [1.165, 1.54) is 0 Å². The summed E-state index contributed by atoms with van der Waals surface area (Å²) in [5.41, 5.74) is 0.932. The van der Waals surface area contributed by atoms with Gasteiger partial charge < -0.3 is 10.2 Å². The number of rotatable bonds is 5. The Kier molecular flexibility index (Phi) is 4.70. The molecule has 1 rings (SSSR count). The maximum Gasteiger partial charge on any atom is 0.309 e. The van der Waals surface area contributed by atoms with Gasteiger partial charge in [0.15, 0.2) is 0 Å². The van der Waals surface area contributed by atoms with E-state index in [4.69, 9.17) is 0 Å². The van der Waals surface area contributed by atoms with Crippen molar-refractivity contribution in [2.45, 2.75) is 38.2 Å². The first-order chi connectivity index (χ1) is 8.25. The Morgan fingerprint density at radius 1 is 1.17 bits per heavy atom. The molecule has 3 atom stereocenters. The number of hydrogen-bond acceptors (Lipinski definition) is 2. The predicted octanol–water partition coefficient (Wildman–Crippen LogP) is 2.73. The van der Waals surface area contributed by atoms with Crippen molar-refractivity contribution in [3.63, 3.8) is 0 Å². The fourth-order valence-corrected chi connectivity index (χ4v) is 5.22. The van der Waals surface area contributed by atoms with Crippen LogP contribution >= 0.6 is 0 Å². The number of carboxylic acids is 1. The predicted molar refractivity (Wildman–Crippen MR) is 75.3 cm³/mol. The van der Waals surface area contributed by atoms with Gasteiger partial charge in [0.2, 0.25) is 0 Å². The molecule has 18 heavy (non-hydrogen) atoms. The highest BCUT2D eigenvalue weighted by molar-refractivity contribution is 6.77. The molecular formula is C14H22O3Si. The second-order valence-corrected chi connectivity index (χ2v) is 11.2. The lowest BCUT2D eigenvalue weighted by molar-refractivity contribution is -0.145.